The molecule has 0 aliphatic rings. The first-order valence-corrected chi connectivity index (χ1v) is 9.78. The van der Waals surface area contributed by atoms with Gasteiger partial charge in [0.05, 0.1) is 5.69 Å². The number of aliphatic imine (C=N–C) groups is 1. The molecule has 0 bridgehead atoms. The second kappa shape index (κ2) is 10.7. The van der Waals surface area contributed by atoms with Gasteiger partial charge in [0.1, 0.15) is 5.17 Å². The Hall–Kier alpha value is -1.34. The Balaban J connectivity index is 0.000000590. The molecule has 0 heterocycles. The van der Waals surface area contributed by atoms with E-state index in [9.17, 15) is 0 Å². The largest absolute Gasteiger partial charge is 0.240 e. The fourth-order valence-electron chi connectivity index (χ4n) is 2.41. The van der Waals surface area contributed by atoms with Crippen LogP contribution in [0.5, 0.6) is 0 Å². The van der Waals surface area contributed by atoms with E-state index in [2.05, 4.69) is 67.0 Å². The van der Waals surface area contributed by atoms with E-state index >= 15 is 0 Å². The number of rotatable bonds is 4. The molecule has 1 nitrogen and oxygen atoms in total. The molecule has 1 aromatic carbocycles. The average molecular weight is 376 g/mol. The molecule has 0 radical (unpaired) electrons. The number of aryl methyl sites for hydroxylation is 1. The zero-order valence-electron chi connectivity index (χ0n) is 18.5. The van der Waals surface area contributed by atoms with E-state index in [0.717, 1.165) is 28.8 Å². The quantitative estimate of drug-likeness (QED) is 0.368. The van der Waals surface area contributed by atoms with Crippen molar-refractivity contribution in [3.05, 3.63) is 47.1 Å². The van der Waals surface area contributed by atoms with E-state index in [1.807, 2.05) is 32.0 Å². The lowest BCUT2D eigenvalue weighted by Gasteiger charge is -2.20. The fraction of sp³-hybridized carbons (Fsp3) is 0.542. The van der Waals surface area contributed by atoms with Crippen molar-refractivity contribution in [3.63, 3.8) is 0 Å². The highest BCUT2D eigenvalue weighted by Gasteiger charge is 2.12. The van der Waals surface area contributed by atoms with Crippen molar-refractivity contribution >= 4 is 28.0 Å². The lowest BCUT2D eigenvalue weighted by atomic mass is 9.85. The molecule has 0 saturated carbocycles. The zero-order chi connectivity index (χ0) is 20.7. The molecule has 0 unspecified atom stereocenters. The summed E-state index contributed by atoms with van der Waals surface area (Å²) >= 11 is 6.18. The summed E-state index contributed by atoms with van der Waals surface area (Å²) in [4.78, 5) is 4.54. The predicted molar refractivity (Wildman–Crippen MR) is 122 cm³/mol. The third-order valence-corrected chi connectivity index (χ3v) is 4.62. The van der Waals surface area contributed by atoms with E-state index < -0.39 is 0 Å². The van der Waals surface area contributed by atoms with Gasteiger partial charge >= 0.3 is 0 Å². The molecule has 0 aliphatic carbocycles. The molecule has 146 valence electrons. The maximum absolute atomic E-state index is 6.18. The third kappa shape index (κ3) is 8.85. The summed E-state index contributed by atoms with van der Waals surface area (Å²) in [7, 11) is 0. The Morgan fingerprint density at radius 2 is 1.65 bits per heavy atom. The zero-order valence-corrected chi connectivity index (χ0v) is 19.3. The minimum absolute atomic E-state index is 0.360. The van der Waals surface area contributed by atoms with Gasteiger partial charge in [-0.25, -0.2) is 4.99 Å². The molecule has 0 aromatic heterocycles. The summed E-state index contributed by atoms with van der Waals surface area (Å²) in [6, 6.07) is 6.10. The monoisotopic (exact) mass is 375 g/mol. The molecule has 0 fully saturated rings. The van der Waals surface area contributed by atoms with Crippen LogP contribution in [0.3, 0.4) is 0 Å². The highest BCUT2D eigenvalue weighted by atomic mass is 35.5. The molecule has 2 heteroatoms. The van der Waals surface area contributed by atoms with E-state index in [1.165, 1.54) is 11.1 Å². The van der Waals surface area contributed by atoms with Crippen LogP contribution in [0, 0.1) is 18.3 Å². The Labute approximate surface area is 167 Å². The van der Waals surface area contributed by atoms with Crippen LogP contribution in [0.15, 0.2) is 40.9 Å². The van der Waals surface area contributed by atoms with Crippen LogP contribution in [0.4, 0.5) is 5.69 Å². The summed E-state index contributed by atoms with van der Waals surface area (Å²) in [5.41, 5.74) is 7.48. The van der Waals surface area contributed by atoms with Crippen molar-refractivity contribution in [2.24, 2.45) is 16.3 Å². The van der Waals surface area contributed by atoms with Crippen LogP contribution >= 0.6 is 11.6 Å². The van der Waals surface area contributed by atoms with Gasteiger partial charge < -0.3 is 0 Å². The van der Waals surface area contributed by atoms with Crippen molar-refractivity contribution in [1.82, 2.24) is 0 Å². The van der Waals surface area contributed by atoms with Gasteiger partial charge in [-0.05, 0) is 57.1 Å². The molecular weight excluding hydrogens is 338 g/mol. The van der Waals surface area contributed by atoms with Crippen molar-refractivity contribution < 1.29 is 0 Å². The lowest BCUT2D eigenvalue weighted by molar-refractivity contribution is 0.498. The maximum Gasteiger partial charge on any atom is 0.107 e. The molecule has 0 atom stereocenters. The molecule has 0 N–H and O–H groups in total. The van der Waals surface area contributed by atoms with E-state index in [0.29, 0.717) is 16.5 Å². The van der Waals surface area contributed by atoms with Gasteiger partial charge in [-0.15, -0.1) is 0 Å². The normalized spacial score (nSPS) is 11.8. The third-order valence-electron chi connectivity index (χ3n) is 4.38. The second-order valence-electron chi connectivity index (χ2n) is 8.71. The van der Waals surface area contributed by atoms with Crippen LogP contribution < -0.4 is 0 Å². The van der Waals surface area contributed by atoms with Gasteiger partial charge in [0, 0.05) is 12.0 Å². The van der Waals surface area contributed by atoms with Crippen molar-refractivity contribution in [1.29, 1.82) is 0 Å². The van der Waals surface area contributed by atoms with Gasteiger partial charge in [-0.2, -0.15) is 0 Å². The highest BCUT2D eigenvalue weighted by molar-refractivity contribution is 6.65. The first-order valence-electron chi connectivity index (χ1n) is 9.40. The van der Waals surface area contributed by atoms with E-state index in [4.69, 9.17) is 11.6 Å². The van der Waals surface area contributed by atoms with Crippen molar-refractivity contribution in [2.75, 3.05) is 0 Å². The Morgan fingerprint density at radius 3 is 2.00 bits per heavy atom. The minimum atomic E-state index is 0.360. The summed E-state index contributed by atoms with van der Waals surface area (Å²) < 4.78 is 0. The number of nitrogens with zero attached hydrogens (tertiary/aromatic N) is 1. The maximum atomic E-state index is 6.18. The Morgan fingerprint density at radius 1 is 1.12 bits per heavy atom. The van der Waals surface area contributed by atoms with Gasteiger partial charge in [-0.1, -0.05) is 82.1 Å². The summed E-state index contributed by atoms with van der Waals surface area (Å²) in [6.45, 7) is 25.6. The van der Waals surface area contributed by atoms with Crippen LogP contribution in [-0.4, -0.2) is 5.17 Å². The molecule has 0 amide bonds. The van der Waals surface area contributed by atoms with Gasteiger partial charge in [-0.3, -0.25) is 0 Å². The molecule has 26 heavy (non-hydrogen) atoms. The highest BCUT2D eigenvalue weighted by Crippen LogP contribution is 2.30. The number of benzene rings is 1. The van der Waals surface area contributed by atoms with E-state index in [-0.39, 0.29) is 0 Å². The van der Waals surface area contributed by atoms with Crippen molar-refractivity contribution in [2.45, 2.75) is 75.7 Å². The van der Waals surface area contributed by atoms with Gasteiger partial charge in [0.25, 0.3) is 0 Å². The SMILES string of the molecule is C=C(C)c1cccc(C)c1N=C(Cl)CC(C)C.CC(C)=C(C)C(C)(C)C. The van der Waals surface area contributed by atoms with Crippen LogP contribution in [0.25, 0.3) is 5.57 Å². The predicted octanol–water partition coefficient (Wildman–Crippen LogP) is 8.73. The standard InChI is InChI=1S/C15H20ClN.C9H18/c1-10(2)9-14(16)17-15-12(5)7-6-8-13(15)11(3)4;1-7(2)8(3)9(4,5)6/h6-8,10H,3,9H2,1-2,4-5H3;1-6H3. The van der Waals surface area contributed by atoms with Gasteiger partial charge in [0.2, 0.25) is 0 Å². The molecule has 1 aromatic rings. The fourth-order valence-corrected chi connectivity index (χ4v) is 2.80. The lowest BCUT2D eigenvalue weighted by Crippen LogP contribution is -2.07. The summed E-state index contributed by atoms with van der Waals surface area (Å²) in [6.07, 6.45) is 0.811. The number of halogens is 1. The number of para-hydroxylation sites is 1. The number of hydrogen-bond donors (Lipinski definition) is 0. The smallest absolute Gasteiger partial charge is 0.107 e. The summed E-state index contributed by atoms with van der Waals surface area (Å²) in [5, 5.41) is 0.664. The van der Waals surface area contributed by atoms with Crippen molar-refractivity contribution in [3.8, 4) is 0 Å². The number of allylic oxidation sites excluding steroid dienone is 3. The average Bonchev–Trinajstić information content (AvgIpc) is 2.47. The topological polar surface area (TPSA) is 12.4 Å². The molecule has 0 saturated heterocycles. The molecular formula is C24H38ClN. The Kier molecular flexibility index (Phi) is 10.2. The van der Waals surface area contributed by atoms with Crippen LogP contribution in [-0.2, 0) is 0 Å². The minimum Gasteiger partial charge on any atom is -0.240 e. The van der Waals surface area contributed by atoms with E-state index in [1.54, 1.807) is 0 Å². The molecule has 0 aliphatic heterocycles. The summed E-state index contributed by atoms with van der Waals surface area (Å²) in [5.74, 6) is 0.517. The first kappa shape index (κ1) is 24.7. The van der Waals surface area contributed by atoms with Crippen LogP contribution in [0.1, 0.15) is 79.9 Å². The first-order chi connectivity index (χ1) is 11.8. The second-order valence-corrected chi connectivity index (χ2v) is 9.15. The van der Waals surface area contributed by atoms with Gasteiger partial charge in [0.15, 0.2) is 0 Å². The molecule has 0 spiro atoms. The number of hydrogen-bond acceptors (Lipinski definition) is 1. The Bertz CT molecular complexity index is 666. The van der Waals surface area contributed by atoms with Crippen LogP contribution in [0.2, 0.25) is 0 Å². The molecule has 1 rings (SSSR count).